The molecule has 0 saturated heterocycles. The van der Waals surface area contributed by atoms with Crippen LogP contribution in [0.15, 0.2) is 156 Å². The Morgan fingerprint density at radius 1 is 0.447 bits per heavy atom. The van der Waals surface area contributed by atoms with Crippen LogP contribution in [0.25, 0.3) is 88.1 Å². The zero-order valence-corrected chi connectivity index (χ0v) is 25.2. The van der Waals surface area contributed by atoms with Crippen LogP contribution in [0.4, 0.5) is 0 Å². The van der Waals surface area contributed by atoms with Gasteiger partial charge in [-0.25, -0.2) is 0 Å². The van der Waals surface area contributed by atoms with Crippen molar-refractivity contribution in [2.45, 2.75) is 0 Å². The van der Waals surface area contributed by atoms with Crippen LogP contribution in [0.2, 0.25) is 0 Å². The van der Waals surface area contributed by atoms with Gasteiger partial charge >= 0.3 is 0 Å². The fourth-order valence-corrected chi connectivity index (χ4v) is 7.59. The maximum Gasteiger partial charge on any atom is 0.160 e. The Hall–Kier alpha value is -6.57. The van der Waals surface area contributed by atoms with Gasteiger partial charge in [-0.2, -0.15) is 5.26 Å². The van der Waals surface area contributed by atoms with Crippen molar-refractivity contribution in [2.24, 2.45) is 0 Å². The monoisotopic (exact) mass is 599 g/mol. The fourth-order valence-electron chi connectivity index (χ4n) is 7.59. The van der Waals surface area contributed by atoms with E-state index in [9.17, 15) is 5.26 Å². The molecule has 0 spiro atoms. The molecule has 0 amide bonds. The highest BCUT2D eigenvalue weighted by atomic mass is 16.3. The smallest absolute Gasteiger partial charge is 0.160 e. The van der Waals surface area contributed by atoms with Gasteiger partial charge in [0.25, 0.3) is 0 Å². The lowest BCUT2D eigenvalue weighted by molar-refractivity contribution is 0.667. The molecule has 4 nitrogen and oxygen atoms in total. The second-order valence-electron chi connectivity index (χ2n) is 12.0. The molecule has 0 aliphatic carbocycles. The minimum absolute atomic E-state index is 0.552. The molecule has 10 aromatic rings. The predicted molar refractivity (Wildman–Crippen MR) is 193 cm³/mol. The minimum atomic E-state index is 0.552. The molecule has 0 aliphatic rings. The van der Waals surface area contributed by atoms with E-state index in [1.54, 1.807) is 0 Å². The number of nitriles is 1. The van der Waals surface area contributed by atoms with E-state index in [4.69, 9.17) is 4.42 Å². The van der Waals surface area contributed by atoms with Crippen LogP contribution < -0.4 is 0 Å². The summed E-state index contributed by atoms with van der Waals surface area (Å²) in [4.78, 5) is 0. The molecule has 218 valence electrons. The third kappa shape index (κ3) is 3.51. The number of hydrogen-bond donors (Lipinski definition) is 0. The lowest BCUT2D eigenvalue weighted by atomic mass is 10.0. The number of nitrogens with zero attached hydrogens (tertiary/aromatic N) is 3. The van der Waals surface area contributed by atoms with Gasteiger partial charge in [0.05, 0.1) is 27.8 Å². The van der Waals surface area contributed by atoms with E-state index in [1.165, 1.54) is 0 Å². The maximum absolute atomic E-state index is 11.2. The molecule has 0 fully saturated rings. The molecule has 10 rings (SSSR count). The molecule has 47 heavy (non-hydrogen) atoms. The Morgan fingerprint density at radius 3 is 1.49 bits per heavy atom. The Balaban J connectivity index is 1.45. The first-order valence-corrected chi connectivity index (χ1v) is 15.8. The van der Waals surface area contributed by atoms with Crippen molar-refractivity contribution in [1.82, 2.24) is 9.13 Å². The van der Waals surface area contributed by atoms with Gasteiger partial charge in [-0.3, -0.25) is 0 Å². The molecule has 4 heteroatoms. The van der Waals surface area contributed by atoms with Crippen molar-refractivity contribution >= 4 is 65.6 Å². The summed E-state index contributed by atoms with van der Waals surface area (Å²) < 4.78 is 11.5. The molecule has 0 saturated carbocycles. The molecular weight excluding hydrogens is 574 g/mol. The summed E-state index contributed by atoms with van der Waals surface area (Å²) in [5.74, 6) is 0. The van der Waals surface area contributed by atoms with Gasteiger partial charge in [0.1, 0.15) is 22.9 Å². The first kappa shape index (κ1) is 25.7. The van der Waals surface area contributed by atoms with E-state index in [1.807, 2.05) is 6.07 Å². The molecule has 0 radical (unpaired) electrons. The normalized spacial score (nSPS) is 11.8. The lowest BCUT2D eigenvalue weighted by Crippen LogP contribution is -2.05. The molecule has 0 bridgehead atoms. The highest BCUT2D eigenvalue weighted by Gasteiger charge is 2.26. The summed E-state index contributed by atoms with van der Waals surface area (Å²) in [6.45, 7) is 0. The van der Waals surface area contributed by atoms with Crippen molar-refractivity contribution in [2.75, 3.05) is 0 Å². The van der Waals surface area contributed by atoms with Crippen LogP contribution in [0.5, 0.6) is 0 Å². The number of para-hydroxylation sites is 5. The summed E-state index contributed by atoms with van der Waals surface area (Å²) in [7, 11) is 0. The molecule has 0 atom stereocenters. The van der Waals surface area contributed by atoms with Crippen LogP contribution in [0.1, 0.15) is 5.56 Å². The number of aromatic nitrogens is 2. The van der Waals surface area contributed by atoms with Gasteiger partial charge in [0, 0.05) is 37.9 Å². The number of rotatable bonds is 3. The summed E-state index contributed by atoms with van der Waals surface area (Å²) in [6, 6.07) is 55.2. The third-order valence-corrected chi connectivity index (χ3v) is 9.56. The Morgan fingerprint density at radius 2 is 0.936 bits per heavy atom. The van der Waals surface area contributed by atoms with E-state index in [0.29, 0.717) is 11.1 Å². The topological polar surface area (TPSA) is 46.8 Å². The van der Waals surface area contributed by atoms with E-state index in [2.05, 4.69) is 161 Å². The minimum Gasteiger partial charge on any atom is -0.453 e. The largest absolute Gasteiger partial charge is 0.453 e. The average molecular weight is 600 g/mol. The predicted octanol–water partition coefficient (Wildman–Crippen LogP) is 11.3. The van der Waals surface area contributed by atoms with Gasteiger partial charge in [-0.05, 0) is 35.9 Å². The number of furan rings is 1. The van der Waals surface area contributed by atoms with Gasteiger partial charge in [-0.15, -0.1) is 0 Å². The maximum atomic E-state index is 11.2. The Kier molecular flexibility index (Phi) is 5.32. The number of hydrogen-bond acceptors (Lipinski definition) is 2. The van der Waals surface area contributed by atoms with Gasteiger partial charge < -0.3 is 13.6 Å². The van der Waals surface area contributed by atoms with Crippen LogP contribution in [-0.2, 0) is 0 Å². The van der Waals surface area contributed by atoms with Gasteiger partial charge in [0.15, 0.2) is 5.58 Å². The second-order valence-corrected chi connectivity index (χ2v) is 12.0. The van der Waals surface area contributed by atoms with Crippen molar-refractivity contribution < 1.29 is 4.42 Å². The van der Waals surface area contributed by atoms with E-state index in [0.717, 1.165) is 82.5 Å². The first-order valence-electron chi connectivity index (χ1n) is 15.8. The van der Waals surface area contributed by atoms with Crippen molar-refractivity contribution in [3.05, 3.63) is 157 Å². The third-order valence-electron chi connectivity index (χ3n) is 9.56. The van der Waals surface area contributed by atoms with Crippen LogP contribution >= 0.6 is 0 Å². The molecule has 0 aliphatic heterocycles. The van der Waals surface area contributed by atoms with Crippen molar-refractivity contribution in [1.29, 1.82) is 5.26 Å². The van der Waals surface area contributed by atoms with Crippen LogP contribution in [0, 0.1) is 11.3 Å². The standard InChI is InChI=1S/C43H25N3O/c44-26-35-40(45-36-21-8-4-15-29(36)30-16-5-9-22-37(30)45)25-34-33-20-12-19-28(27-13-2-1-3-14-27)42(33)47-43(34)41(35)46-38-23-10-6-17-31(38)32-18-7-11-24-39(32)46/h1-25H. The Labute approximate surface area is 269 Å². The molecule has 0 unspecified atom stereocenters. The zero-order chi connectivity index (χ0) is 31.1. The van der Waals surface area contributed by atoms with Crippen LogP contribution in [0.3, 0.4) is 0 Å². The summed E-state index contributed by atoms with van der Waals surface area (Å²) in [5.41, 5.74) is 9.86. The SMILES string of the molecule is N#Cc1c(-n2c3ccccc3c3ccccc32)cc2c(oc3c(-c4ccccc4)cccc32)c1-n1c2ccccc2c2ccccc21. The number of benzene rings is 7. The summed E-state index contributed by atoms with van der Waals surface area (Å²) in [5, 5.41) is 17.8. The van der Waals surface area contributed by atoms with Crippen molar-refractivity contribution in [3.63, 3.8) is 0 Å². The Bertz CT molecular complexity index is 2810. The highest BCUT2D eigenvalue weighted by Crippen LogP contribution is 2.45. The first-order chi connectivity index (χ1) is 23.3. The zero-order valence-electron chi connectivity index (χ0n) is 25.2. The van der Waals surface area contributed by atoms with E-state index >= 15 is 0 Å². The molecular formula is C43H25N3O. The summed E-state index contributed by atoms with van der Waals surface area (Å²) in [6.07, 6.45) is 0. The lowest BCUT2D eigenvalue weighted by Gasteiger charge is -2.16. The fraction of sp³-hybridized carbons (Fsp3) is 0. The van der Waals surface area contributed by atoms with Gasteiger partial charge in [0.2, 0.25) is 0 Å². The van der Waals surface area contributed by atoms with E-state index < -0.39 is 0 Å². The molecule has 0 N–H and O–H groups in total. The van der Waals surface area contributed by atoms with Gasteiger partial charge in [-0.1, -0.05) is 121 Å². The summed E-state index contributed by atoms with van der Waals surface area (Å²) >= 11 is 0. The number of fused-ring (bicyclic) bond motifs is 9. The average Bonchev–Trinajstić information content (AvgIpc) is 3.79. The quantitative estimate of drug-likeness (QED) is 0.203. The highest BCUT2D eigenvalue weighted by molar-refractivity contribution is 6.17. The van der Waals surface area contributed by atoms with Crippen molar-refractivity contribution in [3.8, 4) is 28.6 Å². The molecule has 3 heterocycles. The molecule has 7 aromatic carbocycles. The van der Waals surface area contributed by atoms with E-state index in [-0.39, 0.29) is 0 Å². The molecule has 3 aromatic heterocycles. The van der Waals surface area contributed by atoms with Crippen LogP contribution in [-0.4, -0.2) is 9.13 Å². The second kappa shape index (κ2) is 9.71.